The van der Waals surface area contributed by atoms with Gasteiger partial charge in [0.1, 0.15) is 35.5 Å². The Labute approximate surface area is 169 Å². The van der Waals surface area contributed by atoms with Gasteiger partial charge in [0.15, 0.2) is 17.5 Å². The molecule has 7 nitrogen and oxygen atoms in total. The molecule has 1 fully saturated rings. The van der Waals surface area contributed by atoms with Gasteiger partial charge in [-0.1, -0.05) is 18.6 Å². The van der Waals surface area contributed by atoms with Gasteiger partial charge in [-0.15, -0.1) is 16.9 Å². The third-order valence-electron chi connectivity index (χ3n) is 4.72. The van der Waals surface area contributed by atoms with Crippen LogP contribution < -0.4 is 0 Å². The summed E-state index contributed by atoms with van der Waals surface area (Å²) in [7, 11) is 0. The number of thioether (sulfide) groups is 1. The second-order valence-electron chi connectivity index (χ2n) is 6.76. The van der Waals surface area contributed by atoms with Crippen molar-refractivity contribution in [3.8, 4) is 11.3 Å². The second kappa shape index (κ2) is 9.43. The Balaban J connectivity index is 1.87. The molecule has 1 aromatic carbocycles. The van der Waals surface area contributed by atoms with Crippen molar-refractivity contribution in [3.63, 3.8) is 0 Å². The van der Waals surface area contributed by atoms with E-state index in [-0.39, 0.29) is 11.3 Å². The van der Waals surface area contributed by atoms with E-state index in [0.717, 1.165) is 30.7 Å². The summed E-state index contributed by atoms with van der Waals surface area (Å²) < 4.78 is 47.0. The van der Waals surface area contributed by atoms with Crippen molar-refractivity contribution in [1.82, 2.24) is 15.0 Å². The molecule has 0 radical (unpaired) electrons. The fourth-order valence-corrected chi connectivity index (χ4v) is 4.39. The summed E-state index contributed by atoms with van der Waals surface area (Å²) in [5.41, 5.74) is -0.721. The zero-order valence-electron chi connectivity index (χ0n) is 15.6. The van der Waals surface area contributed by atoms with Gasteiger partial charge in [-0.25, -0.2) is 17.9 Å². The molecule has 5 atom stereocenters. The molecular formula is C18H22F3N3O4S. The maximum Gasteiger partial charge on any atom is 0.194 e. The fourth-order valence-electron chi connectivity index (χ4n) is 3.12. The molecular weight excluding hydrogens is 411 g/mol. The molecule has 3 N–H and O–H groups in total. The smallest absolute Gasteiger partial charge is 0.194 e. The summed E-state index contributed by atoms with van der Waals surface area (Å²) >= 11 is 1.36. The minimum absolute atomic E-state index is 0.0319. The number of nitrogens with zero attached hydrogens (tertiary/aromatic N) is 3. The van der Waals surface area contributed by atoms with Gasteiger partial charge >= 0.3 is 0 Å². The van der Waals surface area contributed by atoms with E-state index in [9.17, 15) is 28.5 Å². The number of hydrogen-bond acceptors (Lipinski definition) is 7. The molecule has 0 bridgehead atoms. The monoisotopic (exact) mass is 433 g/mol. The zero-order valence-corrected chi connectivity index (χ0v) is 16.4. The lowest BCUT2D eigenvalue weighted by atomic mass is 9.97. The van der Waals surface area contributed by atoms with Gasteiger partial charge in [0, 0.05) is 5.56 Å². The molecule has 3 rings (SSSR count). The van der Waals surface area contributed by atoms with Gasteiger partial charge in [0.2, 0.25) is 0 Å². The van der Waals surface area contributed by atoms with Crippen LogP contribution in [-0.2, 0) is 4.74 Å². The first-order valence-electron chi connectivity index (χ1n) is 9.18. The Bertz CT molecular complexity index is 817. The van der Waals surface area contributed by atoms with E-state index < -0.39 is 53.8 Å². The number of aliphatic hydroxyl groups is 3. The molecule has 1 saturated heterocycles. The second-order valence-corrected chi connectivity index (χ2v) is 7.97. The van der Waals surface area contributed by atoms with E-state index >= 15 is 0 Å². The number of unbranched alkanes of at least 4 members (excludes halogenated alkanes) is 1. The van der Waals surface area contributed by atoms with Gasteiger partial charge in [0.25, 0.3) is 0 Å². The minimum atomic E-state index is -1.59. The van der Waals surface area contributed by atoms with Gasteiger partial charge in [-0.2, -0.15) is 0 Å². The van der Waals surface area contributed by atoms with Gasteiger partial charge < -0.3 is 20.1 Å². The summed E-state index contributed by atoms with van der Waals surface area (Å²) in [6.07, 6.45) is -0.265. The minimum Gasteiger partial charge on any atom is -0.394 e. The summed E-state index contributed by atoms with van der Waals surface area (Å²) in [6, 6.07) is 0.559. The zero-order chi connectivity index (χ0) is 21.1. The number of halogens is 3. The van der Waals surface area contributed by atoms with Crippen molar-refractivity contribution >= 4 is 11.8 Å². The molecule has 1 aromatic heterocycles. The Morgan fingerprint density at radius 1 is 1.17 bits per heavy atom. The lowest BCUT2D eigenvalue weighted by Gasteiger charge is -2.41. The molecule has 0 aliphatic carbocycles. The summed E-state index contributed by atoms with van der Waals surface area (Å²) in [4.78, 5) is 0. The van der Waals surface area contributed by atoms with Crippen molar-refractivity contribution in [3.05, 3.63) is 35.8 Å². The van der Waals surface area contributed by atoms with Crippen LogP contribution in [0.3, 0.4) is 0 Å². The van der Waals surface area contributed by atoms with Gasteiger partial charge in [-0.3, -0.25) is 0 Å². The van der Waals surface area contributed by atoms with Crippen LogP contribution in [0.25, 0.3) is 11.3 Å². The topological polar surface area (TPSA) is 101 Å². The van der Waals surface area contributed by atoms with Gasteiger partial charge in [-0.05, 0) is 24.3 Å². The highest BCUT2D eigenvalue weighted by atomic mass is 32.2. The van der Waals surface area contributed by atoms with Crippen molar-refractivity contribution in [2.24, 2.45) is 0 Å². The molecule has 0 spiro atoms. The molecule has 11 heteroatoms. The van der Waals surface area contributed by atoms with Gasteiger partial charge in [0.05, 0.1) is 12.8 Å². The van der Waals surface area contributed by atoms with E-state index in [4.69, 9.17) is 4.74 Å². The van der Waals surface area contributed by atoms with Crippen LogP contribution in [0.15, 0.2) is 18.3 Å². The molecule has 1 aliphatic rings. The molecule has 2 aromatic rings. The number of aliphatic hydroxyl groups excluding tert-OH is 3. The normalized spacial score (nSPS) is 27.3. The number of hydrogen-bond donors (Lipinski definition) is 3. The van der Waals surface area contributed by atoms with E-state index in [0.29, 0.717) is 0 Å². The standard InChI is InChI=1S/C18H22F3N3O4S/c1-2-3-4-29-18-17(27)15(16(26)13(8-25)28-18)24-7-12(22-23-24)9-5-10(19)14(21)11(20)6-9/h5-7,13,15-18,25-27H,2-4,8H2,1H3/t13?,15?,16-,17-,18+/m0/s1. The molecule has 1 aliphatic heterocycles. The van der Waals surface area contributed by atoms with E-state index in [1.165, 1.54) is 22.6 Å². The number of ether oxygens (including phenoxy) is 1. The Morgan fingerprint density at radius 2 is 1.86 bits per heavy atom. The number of aromatic nitrogens is 3. The summed E-state index contributed by atoms with van der Waals surface area (Å²) in [5.74, 6) is -3.60. The first-order valence-corrected chi connectivity index (χ1v) is 10.2. The third kappa shape index (κ3) is 4.58. The van der Waals surface area contributed by atoms with Crippen molar-refractivity contribution in [1.29, 1.82) is 0 Å². The molecule has 29 heavy (non-hydrogen) atoms. The first kappa shape index (κ1) is 22.0. The summed E-state index contributed by atoms with van der Waals surface area (Å²) in [6.45, 7) is 1.56. The fraction of sp³-hybridized carbons (Fsp3) is 0.556. The molecule has 0 amide bonds. The largest absolute Gasteiger partial charge is 0.394 e. The Morgan fingerprint density at radius 3 is 2.48 bits per heavy atom. The van der Waals surface area contributed by atoms with Crippen LogP contribution in [0.4, 0.5) is 13.2 Å². The number of rotatable bonds is 7. The predicted octanol–water partition coefficient (Wildman–Crippen LogP) is 1.88. The van der Waals surface area contributed by atoms with E-state index in [1.807, 2.05) is 6.92 Å². The Hall–Kier alpha value is -1.66. The van der Waals surface area contributed by atoms with Crippen LogP contribution in [0.2, 0.25) is 0 Å². The molecule has 0 saturated carbocycles. The van der Waals surface area contributed by atoms with Crippen LogP contribution >= 0.6 is 11.8 Å². The molecule has 2 heterocycles. The predicted molar refractivity (Wildman–Crippen MR) is 99.5 cm³/mol. The lowest BCUT2D eigenvalue weighted by molar-refractivity contribution is -0.178. The highest BCUT2D eigenvalue weighted by Gasteiger charge is 2.46. The van der Waals surface area contributed by atoms with Crippen LogP contribution in [0.1, 0.15) is 25.8 Å². The SMILES string of the molecule is CCCCS[C@H]1OC(CO)[C@H](O)C(n2cc(-c3cc(F)c(F)c(F)c3)nn2)[C@@H]1O. The maximum atomic E-state index is 13.5. The van der Waals surface area contributed by atoms with Crippen molar-refractivity contribution < 1.29 is 33.2 Å². The van der Waals surface area contributed by atoms with Crippen LogP contribution in [0, 0.1) is 17.5 Å². The average Bonchev–Trinajstić information content (AvgIpc) is 3.17. The van der Waals surface area contributed by atoms with E-state index in [2.05, 4.69) is 10.3 Å². The molecule has 160 valence electrons. The third-order valence-corrected chi connectivity index (χ3v) is 5.97. The first-order chi connectivity index (χ1) is 13.9. The molecule has 2 unspecified atom stereocenters. The highest BCUT2D eigenvalue weighted by Crippen LogP contribution is 2.35. The lowest BCUT2D eigenvalue weighted by Crippen LogP contribution is -2.55. The number of benzene rings is 1. The van der Waals surface area contributed by atoms with Crippen molar-refractivity contribution in [2.45, 2.75) is 49.6 Å². The van der Waals surface area contributed by atoms with E-state index in [1.54, 1.807) is 0 Å². The highest BCUT2D eigenvalue weighted by molar-refractivity contribution is 7.99. The average molecular weight is 433 g/mol. The van der Waals surface area contributed by atoms with Crippen molar-refractivity contribution in [2.75, 3.05) is 12.4 Å². The maximum absolute atomic E-state index is 13.5. The quantitative estimate of drug-likeness (QED) is 0.453. The Kier molecular flexibility index (Phi) is 7.17. The summed E-state index contributed by atoms with van der Waals surface area (Å²) in [5, 5.41) is 38.5. The van der Waals surface area contributed by atoms with Crippen LogP contribution in [0.5, 0.6) is 0 Å². The van der Waals surface area contributed by atoms with Crippen LogP contribution in [-0.4, -0.2) is 66.4 Å².